The lowest BCUT2D eigenvalue weighted by Crippen LogP contribution is -2.02. The molecule has 0 saturated carbocycles. The molecule has 0 aromatic heterocycles. The average Bonchev–Trinajstić information content (AvgIpc) is 2.45. The van der Waals surface area contributed by atoms with E-state index >= 15 is 0 Å². The fourth-order valence-corrected chi connectivity index (χ4v) is 1.91. The Labute approximate surface area is 116 Å². The zero-order valence-corrected chi connectivity index (χ0v) is 11.1. The minimum absolute atomic E-state index is 0.0727. The van der Waals surface area contributed by atoms with Gasteiger partial charge in [0.25, 0.3) is 0 Å². The molecule has 2 rings (SSSR count). The monoisotopic (exact) mass is 272 g/mol. The molecule has 2 aromatic carbocycles. The molecule has 102 valence electrons. The van der Waals surface area contributed by atoms with Crippen LogP contribution in [0, 0.1) is 5.82 Å². The fraction of sp³-hybridized carbons (Fsp3) is 0.125. The van der Waals surface area contributed by atoms with E-state index in [-0.39, 0.29) is 11.3 Å². The summed E-state index contributed by atoms with van der Waals surface area (Å²) < 4.78 is 18.2. The first-order valence-corrected chi connectivity index (χ1v) is 6.01. The van der Waals surface area contributed by atoms with Crippen LogP contribution in [0.1, 0.15) is 27.6 Å². The highest BCUT2D eigenvalue weighted by Crippen LogP contribution is 2.23. The van der Waals surface area contributed by atoms with E-state index in [1.54, 1.807) is 24.3 Å². The smallest absolute Gasteiger partial charge is 0.337 e. The number of hydrogen-bond donors (Lipinski definition) is 0. The summed E-state index contributed by atoms with van der Waals surface area (Å²) in [6.07, 6.45) is 0. The Balaban J connectivity index is 2.52. The second kappa shape index (κ2) is 5.65. The van der Waals surface area contributed by atoms with Crippen molar-refractivity contribution in [1.82, 2.24) is 0 Å². The summed E-state index contributed by atoms with van der Waals surface area (Å²) in [7, 11) is 1.24. The van der Waals surface area contributed by atoms with Crippen LogP contribution in [0.4, 0.5) is 4.39 Å². The quantitative estimate of drug-likeness (QED) is 0.634. The third kappa shape index (κ3) is 2.91. The molecule has 0 N–H and O–H groups in total. The van der Waals surface area contributed by atoms with E-state index in [2.05, 4.69) is 4.74 Å². The van der Waals surface area contributed by atoms with Crippen LogP contribution in [-0.4, -0.2) is 18.9 Å². The van der Waals surface area contributed by atoms with Crippen LogP contribution in [0.3, 0.4) is 0 Å². The lowest BCUT2D eigenvalue weighted by Gasteiger charge is -2.06. The molecule has 0 aliphatic rings. The van der Waals surface area contributed by atoms with Crippen molar-refractivity contribution < 1.29 is 18.7 Å². The summed E-state index contributed by atoms with van der Waals surface area (Å²) in [5, 5.41) is 0. The molecule has 0 amide bonds. The van der Waals surface area contributed by atoms with Gasteiger partial charge in [0.2, 0.25) is 0 Å². The van der Waals surface area contributed by atoms with E-state index in [9.17, 15) is 14.0 Å². The number of ether oxygens (including phenoxy) is 1. The first-order chi connectivity index (χ1) is 9.51. The SMILES string of the molecule is COC(=O)c1cc(F)cc(-c2cccc(C(C)=O)c2)c1. The standard InChI is InChI=1S/C16H13FO3/c1-10(18)11-4-3-5-12(6-11)13-7-14(16(19)20-2)9-15(17)8-13/h3-9H,1-2H3. The molecule has 20 heavy (non-hydrogen) atoms. The van der Waals surface area contributed by atoms with Crippen LogP contribution in [-0.2, 0) is 4.74 Å². The van der Waals surface area contributed by atoms with Gasteiger partial charge in [-0.3, -0.25) is 4.79 Å². The summed E-state index contributed by atoms with van der Waals surface area (Å²) in [5.41, 5.74) is 1.86. The zero-order valence-electron chi connectivity index (χ0n) is 11.1. The molecule has 0 spiro atoms. The van der Waals surface area contributed by atoms with Crippen molar-refractivity contribution >= 4 is 11.8 Å². The Morgan fingerprint density at radius 3 is 2.35 bits per heavy atom. The molecule has 0 radical (unpaired) electrons. The number of halogens is 1. The summed E-state index contributed by atoms with van der Waals surface area (Å²) >= 11 is 0. The molecule has 0 unspecified atom stereocenters. The van der Waals surface area contributed by atoms with Crippen molar-refractivity contribution in [1.29, 1.82) is 0 Å². The van der Waals surface area contributed by atoms with Gasteiger partial charge in [-0.05, 0) is 42.3 Å². The first kappa shape index (κ1) is 13.9. The number of rotatable bonds is 3. The summed E-state index contributed by atoms with van der Waals surface area (Å²) in [4.78, 5) is 22.9. The molecule has 0 fully saturated rings. The van der Waals surface area contributed by atoms with Crippen LogP contribution in [0.25, 0.3) is 11.1 Å². The van der Waals surface area contributed by atoms with E-state index in [0.717, 1.165) is 6.07 Å². The highest BCUT2D eigenvalue weighted by atomic mass is 19.1. The van der Waals surface area contributed by atoms with Gasteiger partial charge in [-0.15, -0.1) is 0 Å². The van der Waals surface area contributed by atoms with Gasteiger partial charge in [0.05, 0.1) is 12.7 Å². The summed E-state index contributed by atoms with van der Waals surface area (Å²) in [5.74, 6) is -1.21. The van der Waals surface area contributed by atoms with Gasteiger partial charge in [0.1, 0.15) is 5.82 Å². The van der Waals surface area contributed by atoms with Crippen molar-refractivity contribution in [3.05, 3.63) is 59.4 Å². The van der Waals surface area contributed by atoms with Crippen molar-refractivity contribution in [2.24, 2.45) is 0 Å². The van der Waals surface area contributed by atoms with Crippen LogP contribution in [0.5, 0.6) is 0 Å². The normalized spacial score (nSPS) is 10.2. The first-order valence-electron chi connectivity index (χ1n) is 6.01. The highest BCUT2D eigenvalue weighted by Gasteiger charge is 2.11. The minimum atomic E-state index is -0.603. The van der Waals surface area contributed by atoms with Crippen molar-refractivity contribution in [2.75, 3.05) is 7.11 Å². The predicted octanol–water partition coefficient (Wildman–Crippen LogP) is 3.48. The van der Waals surface area contributed by atoms with Crippen LogP contribution < -0.4 is 0 Å². The zero-order chi connectivity index (χ0) is 14.7. The summed E-state index contributed by atoms with van der Waals surface area (Å²) in [6.45, 7) is 1.46. The minimum Gasteiger partial charge on any atom is -0.465 e. The Morgan fingerprint density at radius 2 is 1.70 bits per heavy atom. The molecule has 3 nitrogen and oxygen atoms in total. The average molecular weight is 272 g/mol. The van der Waals surface area contributed by atoms with Crippen LogP contribution in [0.2, 0.25) is 0 Å². The van der Waals surface area contributed by atoms with Crippen molar-refractivity contribution in [2.45, 2.75) is 6.92 Å². The molecule has 4 heteroatoms. The molecule has 0 saturated heterocycles. The molecule has 2 aromatic rings. The van der Waals surface area contributed by atoms with E-state index < -0.39 is 11.8 Å². The lowest BCUT2D eigenvalue weighted by atomic mass is 10.00. The Kier molecular flexibility index (Phi) is 3.94. The second-order valence-electron chi connectivity index (χ2n) is 4.36. The van der Waals surface area contributed by atoms with Gasteiger partial charge < -0.3 is 4.74 Å². The fourth-order valence-electron chi connectivity index (χ4n) is 1.91. The lowest BCUT2D eigenvalue weighted by molar-refractivity contribution is 0.0600. The number of Topliss-reactive ketones (excluding diaryl/α,β-unsaturated/α-hetero) is 1. The third-order valence-corrected chi connectivity index (χ3v) is 2.92. The van der Waals surface area contributed by atoms with Crippen LogP contribution >= 0.6 is 0 Å². The number of benzene rings is 2. The second-order valence-corrected chi connectivity index (χ2v) is 4.36. The Morgan fingerprint density at radius 1 is 1.00 bits per heavy atom. The number of methoxy groups -OCH3 is 1. The predicted molar refractivity (Wildman–Crippen MR) is 73.2 cm³/mol. The maximum absolute atomic E-state index is 13.6. The molecule has 0 aliphatic carbocycles. The molecule has 0 atom stereocenters. The molecular formula is C16H13FO3. The van der Waals surface area contributed by atoms with Gasteiger partial charge in [-0.25, -0.2) is 9.18 Å². The van der Waals surface area contributed by atoms with Gasteiger partial charge in [-0.1, -0.05) is 18.2 Å². The van der Waals surface area contributed by atoms with Gasteiger partial charge >= 0.3 is 5.97 Å². The van der Waals surface area contributed by atoms with Gasteiger partial charge in [0, 0.05) is 5.56 Å². The topological polar surface area (TPSA) is 43.4 Å². The van der Waals surface area contributed by atoms with Gasteiger partial charge in [-0.2, -0.15) is 0 Å². The number of esters is 1. The van der Waals surface area contributed by atoms with Gasteiger partial charge in [0.15, 0.2) is 5.78 Å². The van der Waals surface area contributed by atoms with E-state index in [1.165, 1.54) is 26.2 Å². The number of hydrogen-bond acceptors (Lipinski definition) is 3. The summed E-state index contributed by atoms with van der Waals surface area (Å²) in [6, 6.07) is 10.8. The third-order valence-electron chi connectivity index (χ3n) is 2.92. The number of ketones is 1. The van der Waals surface area contributed by atoms with Crippen LogP contribution in [0.15, 0.2) is 42.5 Å². The maximum Gasteiger partial charge on any atom is 0.337 e. The molecular weight excluding hydrogens is 259 g/mol. The van der Waals surface area contributed by atoms with Crippen molar-refractivity contribution in [3.63, 3.8) is 0 Å². The van der Waals surface area contributed by atoms with E-state index in [4.69, 9.17) is 0 Å². The number of carbonyl (C=O) groups excluding carboxylic acids is 2. The Hall–Kier alpha value is -2.49. The molecule has 0 heterocycles. The molecule has 0 bridgehead atoms. The van der Waals surface area contributed by atoms with E-state index in [0.29, 0.717) is 16.7 Å². The molecule has 0 aliphatic heterocycles. The van der Waals surface area contributed by atoms with Crippen molar-refractivity contribution in [3.8, 4) is 11.1 Å². The largest absolute Gasteiger partial charge is 0.465 e. The Bertz CT molecular complexity index is 677. The van der Waals surface area contributed by atoms with E-state index in [1.807, 2.05) is 0 Å². The highest BCUT2D eigenvalue weighted by molar-refractivity contribution is 5.95. The maximum atomic E-state index is 13.6. The number of carbonyl (C=O) groups is 2.